The van der Waals surface area contributed by atoms with Crippen molar-refractivity contribution < 1.29 is 14.7 Å². The molecule has 0 aliphatic heterocycles. The van der Waals surface area contributed by atoms with Gasteiger partial charge in [0, 0.05) is 16.6 Å². The van der Waals surface area contributed by atoms with Crippen LogP contribution in [-0.2, 0) is 4.79 Å². The predicted molar refractivity (Wildman–Crippen MR) is 100.0 cm³/mol. The van der Waals surface area contributed by atoms with E-state index in [1.807, 2.05) is 24.3 Å². The van der Waals surface area contributed by atoms with Crippen molar-refractivity contribution in [1.29, 1.82) is 0 Å². The van der Waals surface area contributed by atoms with E-state index in [4.69, 9.17) is 5.11 Å². The van der Waals surface area contributed by atoms with Crippen molar-refractivity contribution in [3.8, 4) is 0 Å². The van der Waals surface area contributed by atoms with Gasteiger partial charge in [-0.3, -0.25) is 9.59 Å². The molecule has 7 heteroatoms. The second-order valence-corrected chi connectivity index (χ2v) is 5.88. The summed E-state index contributed by atoms with van der Waals surface area (Å²) in [5.41, 5.74) is 2.03. The molecule has 3 rings (SSSR count). The number of anilines is 3. The van der Waals surface area contributed by atoms with Crippen LogP contribution in [0.5, 0.6) is 0 Å². The summed E-state index contributed by atoms with van der Waals surface area (Å²) in [6, 6.07) is 13.5. The summed E-state index contributed by atoms with van der Waals surface area (Å²) in [5.74, 6) is -0.206. The van der Waals surface area contributed by atoms with E-state index in [2.05, 4.69) is 20.6 Å². The number of benzene rings is 2. The Bertz CT molecular complexity index is 970. The molecule has 1 heterocycles. The normalized spacial score (nSPS) is 11.8. The standard InChI is InChI=1S/C19H18N4O3/c1-11(18(25)26)20-17-15-5-3-4-6-16(15)22-19(23-17)21-14-9-7-13(8-10-14)12(2)24/h3-11H,1-2H3,(H,25,26)(H2,20,21,22,23). The minimum Gasteiger partial charge on any atom is -0.480 e. The largest absolute Gasteiger partial charge is 0.480 e. The number of nitrogens with zero attached hydrogens (tertiary/aromatic N) is 2. The first-order valence-corrected chi connectivity index (χ1v) is 8.08. The average Bonchev–Trinajstić information content (AvgIpc) is 2.62. The number of carbonyl (C=O) groups is 2. The van der Waals surface area contributed by atoms with Crippen LogP contribution in [0.25, 0.3) is 10.9 Å². The third kappa shape index (κ3) is 3.77. The number of para-hydroxylation sites is 1. The molecule has 0 fully saturated rings. The van der Waals surface area contributed by atoms with Crippen LogP contribution in [0.4, 0.5) is 17.5 Å². The van der Waals surface area contributed by atoms with Crippen molar-refractivity contribution in [2.45, 2.75) is 19.9 Å². The van der Waals surface area contributed by atoms with Crippen LogP contribution < -0.4 is 10.6 Å². The molecule has 3 aromatic rings. The second-order valence-electron chi connectivity index (χ2n) is 5.88. The Morgan fingerprint density at radius 2 is 1.73 bits per heavy atom. The van der Waals surface area contributed by atoms with Crippen molar-refractivity contribution in [3.05, 3.63) is 54.1 Å². The van der Waals surface area contributed by atoms with Gasteiger partial charge in [-0.05, 0) is 50.2 Å². The van der Waals surface area contributed by atoms with Gasteiger partial charge in [0.05, 0.1) is 5.52 Å². The quantitative estimate of drug-likeness (QED) is 0.585. The van der Waals surface area contributed by atoms with E-state index in [1.54, 1.807) is 31.2 Å². The average molecular weight is 350 g/mol. The first-order valence-electron chi connectivity index (χ1n) is 8.08. The minimum absolute atomic E-state index is 0.00681. The van der Waals surface area contributed by atoms with Gasteiger partial charge in [-0.25, -0.2) is 4.98 Å². The SMILES string of the molecule is CC(=O)c1ccc(Nc2nc(NC(C)C(=O)O)c3ccccc3n2)cc1. The van der Waals surface area contributed by atoms with Crippen molar-refractivity contribution in [3.63, 3.8) is 0 Å². The molecule has 0 aliphatic carbocycles. The Kier molecular flexibility index (Phi) is 4.79. The van der Waals surface area contributed by atoms with Crippen molar-refractivity contribution in [2.75, 3.05) is 10.6 Å². The minimum atomic E-state index is -0.970. The second kappa shape index (κ2) is 7.18. The van der Waals surface area contributed by atoms with Gasteiger partial charge >= 0.3 is 5.97 Å². The third-order valence-electron chi connectivity index (χ3n) is 3.87. The summed E-state index contributed by atoms with van der Waals surface area (Å²) in [4.78, 5) is 31.4. The highest BCUT2D eigenvalue weighted by atomic mass is 16.4. The van der Waals surface area contributed by atoms with Crippen LogP contribution in [0, 0.1) is 0 Å². The molecule has 1 unspecified atom stereocenters. The van der Waals surface area contributed by atoms with E-state index in [0.29, 0.717) is 22.8 Å². The van der Waals surface area contributed by atoms with E-state index in [-0.39, 0.29) is 5.78 Å². The van der Waals surface area contributed by atoms with Gasteiger partial charge < -0.3 is 15.7 Å². The lowest BCUT2D eigenvalue weighted by Crippen LogP contribution is -2.26. The number of carboxylic acid groups (broad SMARTS) is 1. The number of aliphatic carboxylic acids is 1. The number of hydrogen-bond acceptors (Lipinski definition) is 6. The maximum atomic E-state index is 11.4. The zero-order valence-corrected chi connectivity index (χ0v) is 14.4. The number of carboxylic acids is 1. The van der Waals surface area contributed by atoms with E-state index in [9.17, 15) is 9.59 Å². The fraction of sp³-hybridized carbons (Fsp3) is 0.158. The van der Waals surface area contributed by atoms with Gasteiger partial charge in [-0.15, -0.1) is 0 Å². The molecule has 0 aliphatic rings. The summed E-state index contributed by atoms with van der Waals surface area (Å²) in [7, 11) is 0. The molecule has 2 aromatic carbocycles. The Morgan fingerprint density at radius 1 is 1.04 bits per heavy atom. The lowest BCUT2D eigenvalue weighted by molar-refractivity contribution is -0.137. The maximum absolute atomic E-state index is 11.4. The molecule has 1 aromatic heterocycles. The van der Waals surface area contributed by atoms with E-state index in [1.165, 1.54) is 6.92 Å². The molecule has 26 heavy (non-hydrogen) atoms. The zero-order chi connectivity index (χ0) is 18.7. The topological polar surface area (TPSA) is 104 Å². The molecule has 0 spiro atoms. The molecule has 7 nitrogen and oxygen atoms in total. The number of ketones is 1. The molecule has 0 bridgehead atoms. The third-order valence-corrected chi connectivity index (χ3v) is 3.87. The molecular formula is C19H18N4O3. The highest BCUT2D eigenvalue weighted by molar-refractivity contribution is 5.94. The van der Waals surface area contributed by atoms with Crippen LogP contribution >= 0.6 is 0 Å². The summed E-state index contributed by atoms with van der Waals surface area (Å²) in [5, 5.41) is 15.9. The Morgan fingerprint density at radius 3 is 2.38 bits per heavy atom. The molecule has 132 valence electrons. The predicted octanol–water partition coefficient (Wildman–Crippen LogP) is 3.46. The molecule has 3 N–H and O–H groups in total. The smallest absolute Gasteiger partial charge is 0.325 e. The Labute approximate surface area is 150 Å². The van der Waals surface area contributed by atoms with Crippen LogP contribution in [-0.4, -0.2) is 32.9 Å². The lowest BCUT2D eigenvalue weighted by atomic mass is 10.1. The zero-order valence-electron chi connectivity index (χ0n) is 14.4. The number of Topliss-reactive ketones (excluding diaryl/α,β-unsaturated/α-hetero) is 1. The first kappa shape index (κ1) is 17.3. The number of fused-ring (bicyclic) bond motifs is 1. The highest BCUT2D eigenvalue weighted by Gasteiger charge is 2.14. The summed E-state index contributed by atoms with van der Waals surface area (Å²) >= 11 is 0. The van der Waals surface area contributed by atoms with E-state index in [0.717, 1.165) is 11.1 Å². The van der Waals surface area contributed by atoms with Crippen LogP contribution in [0.15, 0.2) is 48.5 Å². The summed E-state index contributed by atoms with van der Waals surface area (Å²) < 4.78 is 0. The van der Waals surface area contributed by atoms with Crippen LogP contribution in [0.2, 0.25) is 0 Å². The fourth-order valence-electron chi connectivity index (χ4n) is 2.43. The van der Waals surface area contributed by atoms with Gasteiger partial charge in [0.2, 0.25) is 5.95 Å². The van der Waals surface area contributed by atoms with Gasteiger partial charge in [-0.2, -0.15) is 4.98 Å². The Balaban J connectivity index is 1.95. The van der Waals surface area contributed by atoms with Crippen LogP contribution in [0.3, 0.4) is 0 Å². The summed E-state index contributed by atoms with van der Waals surface area (Å²) in [6.45, 7) is 3.06. The van der Waals surface area contributed by atoms with Crippen molar-refractivity contribution in [2.24, 2.45) is 0 Å². The molecular weight excluding hydrogens is 332 g/mol. The molecule has 0 saturated heterocycles. The number of carbonyl (C=O) groups excluding carboxylic acids is 1. The van der Waals surface area contributed by atoms with Crippen molar-refractivity contribution in [1.82, 2.24) is 9.97 Å². The lowest BCUT2D eigenvalue weighted by Gasteiger charge is -2.14. The van der Waals surface area contributed by atoms with E-state index >= 15 is 0 Å². The van der Waals surface area contributed by atoms with Gasteiger partial charge in [0.25, 0.3) is 0 Å². The van der Waals surface area contributed by atoms with Gasteiger partial charge in [-0.1, -0.05) is 12.1 Å². The van der Waals surface area contributed by atoms with Crippen molar-refractivity contribution >= 4 is 40.1 Å². The molecule has 0 saturated carbocycles. The van der Waals surface area contributed by atoms with E-state index < -0.39 is 12.0 Å². The number of rotatable bonds is 6. The van der Waals surface area contributed by atoms with Gasteiger partial charge in [0.1, 0.15) is 11.9 Å². The fourth-order valence-corrected chi connectivity index (χ4v) is 2.43. The molecule has 0 amide bonds. The maximum Gasteiger partial charge on any atom is 0.325 e. The number of aromatic nitrogens is 2. The Hall–Kier alpha value is -3.48. The monoisotopic (exact) mass is 350 g/mol. The summed E-state index contributed by atoms with van der Waals surface area (Å²) in [6.07, 6.45) is 0. The van der Waals surface area contributed by atoms with Crippen LogP contribution in [0.1, 0.15) is 24.2 Å². The van der Waals surface area contributed by atoms with Gasteiger partial charge in [0.15, 0.2) is 5.78 Å². The molecule has 0 radical (unpaired) electrons. The first-order chi connectivity index (χ1) is 12.4. The number of hydrogen-bond donors (Lipinski definition) is 3. The number of nitrogens with one attached hydrogen (secondary N) is 2. The highest BCUT2D eigenvalue weighted by Crippen LogP contribution is 2.24. The molecule has 1 atom stereocenters.